The fourth-order valence-corrected chi connectivity index (χ4v) is 3.91. The Bertz CT molecular complexity index is 953. The van der Waals surface area contributed by atoms with E-state index in [0.717, 1.165) is 5.56 Å². The topological polar surface area (TPSA) is 142 Å². The molecule has 0 aromatic heterocycles. The van der Waals surface area contributed by atoms with Crippen molar-refractivity contribution in [3.63, 3.8) is 0 Å². The molecule has 12 nitrogen and oxygen atoms in total. The number of nitrogens with one attached hydrogen (secondary N) is 2. The Hall–Kier alpha value is -3.06. The lowest BCUT2D eigenvalue weighted by molar-refractivity contribution is -0.140. The molecule has 2 rings (SSSR count). The van der Waals surface area contributed by atoms with Crippen molar-refractivity contribution < 1.29 is 42.9 Å². The van der Waals surface area contributed by atoms with E-state index in [1.807, 2.05) is 26.0 Å². The van der Waals surface area contributed by atoms with Crippen molar-refractivity contribution in [3.8, 4) is 0 Å². The zero-order chi connectivity index (χ0) is 30.0. The number of carbonyl (C=O) groups excluding carboxylic acids is 4. The lowest BCUT2D eigenvalue weighted by Crippen LogP contribution is -2.34. The van der Waals surface area contributed by atoms with Crippen LogP contribution in [0, 0.1) is 11.8 Å². The molecule has 1 fully saturated rings. The Morgan fingerprint density at radius 2 is 1.41 bits per heavy atom. The predicted octanol–water partition coefficient (Wildman–Crippen LogP) is 2.75. The highest BCUT2D eigenvalue weighted by Crippen LogP contribution is 2.25. The molecular weight excluding hydrogens is 534 g/mol. The van der Waals surface area contributed by atoms with E-state index < -0.39 is 6.09 Å². The summed E-state index contributed by atoms with van der Waals surface area (Å²) in [4.78, 5) is 49.1. The van der Waals surface area contributed by atoms with Gasteiger partial charge in [0.2, 0.25) is 17.7 Å². The smallest absolute Gasteiger partial charge is 0.407 e. The highest BCUT2D eigenvalue weighted by molar-refractivity contribution is 6.03. The number of imide groups is 1. The van der Waals surface area contributed by atoms with Gasteiger partial charge in [-0.1, -0.05) is 26.0 Å². The molecule has 1 aliphatic rings. The van der Waals surface area contributed by atoms with Gasteiger partial charge in [0.1, 0.15) is 0 Å². The number of anilines is 1. The highest BCUT2D eigenvalue weighted by Gasteiger charge is 2.39. The van der Waals surface area contributed by atoms with Gasteiger partial charge in [-0.15, -0.1) is 0 Å². The summed E-state index contributed by atoms with van der Waals surface area (Å²) in [6.45, 7) is 11.0. The maximum absolute atomic E-state index is 12.2. The quantitative estimate of drug-likeness (QED) is 0.176. The third-order valence-corrected chi connectivity index (χ3v) is 6.15. The Morgan fingerprint density at radius 3 is 1.95 bits per heavy atom. The average Bonchev–Trinajstić information content (AvgIpc) is 3.21. The van der Waals surface area contributed by atoms with Crippen molar-refractivity contribution in [1.82, 2.24) is 10.2 Å². The number of hydrogen-bond acceptors (Lipinski definition) is 9. The molecule has 41 heavy (non-hydrogen) atoms. The molecule has 1 atom stereocenters. The molecule has 2 N–H and O–H groups in total. The van der Waals surface area contributed by atoms with Crippen molar-refractivity contribution in [2.75, 3.05) is 64.7 Å². The normalized spacial score (nSPS) is 15.2. The van der Waals surface area contributed by atoms with Crippen LogP contribution < -0.4 is 10.6 Å². The number of amides is 4. The molecule has 12 heteroatoms. The molecule has 0 bridgehead atoms. The van der Waals surface area contributed by atoms with Crippen LogP contribution in [0.5, 0.6) is 0 Å². The fraction of sp³-hybridized carbons (Fsp3) is 0.655. The second kappa shape index (κ2) is 19.1. The van der Waals surface area contributed by atoms with Gasteiger partial charge >= 0.3 is 6.09 Å². The molecule has 1 unspecified atom stereocenters. The van der Waals surface area contributed by atoms with Gasteiger partial charge in [-0.05, 0) is 37.5 Å². The van der Waals surface area contributed by atoms with Crippen LogP contribution in [0.15, 0.2) is 24.3 Å². The maximum atomic E-state index is 12.2. The number of ether oxygens (including phenoxy) is 5. The van der Waals surface area contributed by atoms with Gasteiger partial charge in [0, 0.05) is 24.6 Å². The van der Waals surface area contributed by atoms with Gasteiger partial charge in [-0.2, -0.15) is 0 Å². The van der Waals surface area contributed by atoms with E-state index in [4.69, 9.17) is 23.7 Å². The van der Waals surface area contributed by atoms with Crippen LogP contribution in [0.3, 0.4) is 0 Å². The van der Waals surface area contributed by atoms with Crippen LogP contribution >= 0.6 is 0 Å². The van der Waals surface area contributed by atoms with E-state index >= 15 is 0 Å². The Kier molecular flexibility index (Phi) is 15.9. The minimum Gasteiger partial charge on any atom is -0.447 e. The summed E-state index contributed by atoms with van der Waals surface area (Å²) < 4.78 is 26.8. The Balaban J connectivity index is 1.38. The Labute approximate surface area is 242 Å². The van der Waals surface area contributed by atoms with Gasteiger partial charge in [0.15, 0.2) is 0 Å². The van der Waals surface area contributed by atoms with E-state index in [1.54, 1.807) is 26.0 Å². The van der Waals surface area contributed by atoms with Crippen molar-refractivity contribution in [2.24, 2.45) is 11.8 Å². The first-order chi connectivity index (χ1) is 19.7. The number of rotatable bonds is 20. The van der Waals surface area contributed by atoms with Gasteiger partial charge in [0.05, 0.1) is 71.9 Å². The van der Waals surface area contributed by atoms with E-state index in [-0.39, 0.29) is 61.7 Å². The summed E-state index contributed by atoms with van der Waals surface area (Å²) in [5, 5.41) is 5.47. The molecule has 1 heterocycles. The zero-order valence-corrected chi connectivity index (χ0v) is 24.6. The molecule has 1 aliphatic heterocycles. The largest absolute Gasteiger partial charge is 0.447 e. The number of alkyl carbamates (subject to hydrolysis) is 1. The second-order valence-corrected chi connectivity index (χ2v) is 10.2. The summed E-state index contributed by atoms with van der Waals surface area (Å²) in [6, 6.07) is 7.18. The summed E-state index contributed by atoms with van der Waals surface area (Å²) in [6.07, 6.45) is -0.148. The minimum atomic E-state index is -0.470. The van der Waals surface area contributed by atoms with Crippen molar-refractivity contribution in [2.45, 2.75) is 53.2 Å². The summed E-state index contributed by atoms with van der Waals surface area (Å²) in [5.74, 6) is -0.454. The molecule has 0 spiro atoms. The Morgan fingerprint density at radius 1 is 0.854 bits per heavy atom. The predicted molar refractivity (Wildman–Crippen MR) is 151 cm³/mol. The van der Waals surface area contributed by atoms with E-state index in [2.05, 4.69) is 10.6 Å². The van der Waals surface area contributed by atoms with Crippen LogP contribution in [-0.4, -0.2) is 94.2 Å². The zero-order valence-electron chi connectivity index (χ0n) is 24.6. The van der Waals surface area contributed by atoms with Crippen molar-refractivity contribution in [1.29, 1.82) is 0 Å². The molecule has 4 amide bonds. The SMILES string of the molecule is CC(C)OC(=O)NCc1ccc(NC(=O)CCOCCOCCOCCOCCN2C(=O)CC(C(C)C)C2=O)cc1. The molecule has 0 radical (unpaired) electrons. The third kappa shape index (κ3) is 13.9. The molecule has 230 valence electrons. The van der Waals surface area contributed by atoms with E-state index in [1.165, 1.54) is 4.90 Å². The number of benzene rings is 1. The number of likely N-dealkylation sites (tertiary alicyclic amines) is 1. The summed E-state index contributed by atoms with van der Waals surface area (Å²) in [5.41, 5.74) is 1.55. The number of nitrogens with zero attached hydrogens (tertiary/aromatic N) is 1. The number of hydrogen-bond donors (Lipinski definition) is 2. The third-order valence-electron chi connectivity index (χ3n) is 6.15. The maximum Gasteiger partial charge on any atom is 0.407 e. The standard InChI is InChI=1S/C29H45N3O9/c1-21(2)25-19-27(34)32(28(25)35)10-12-38-14-16-40-18-17-39-15-13-37-11-9-26(33)31-24-7-5-23(6-8-24)20-30-29(36)41-22(3)4/h5-8,21-22,25H,9-20H2,1-4H3,(H,30,36)(H,31,33). The van der Waals surface area contributed by atoms with Crippen molar-refractivity contribution in [3.05, 3.63) is 29.8 Å². The molecule has 0 saturated carbocycles. The summed E-state index contributed by atoms with van der Waals surface area (Å²) in [7, 11) is 0. The fourth-order valence-electron chi connectivity index (χ4n) is 3.91. The first-order valence-electron chi connectivity index (χ1n) is 14.2. The molecule has 1 aromatic carbocycles. The van der Waals surface area contributed by atoms with E-state index in [0.29, 0.717) is 58.5 Å². The summed E-state index contributed by atoms with van der Waals surface area (Å²) >= 11 is 0. The monoisotopic (exact) mass is 579 g/mol. The molecular formula is C29H45N3O9. The van der Waals surface area contributed by atoms with Gasteiger partial charge in [-0.3, -0.25) is 19.3 Å². The average molecular weight is 580 g/mol. The van der Waals surface area contributed by atoms with Crippen LogP contribution in [0.2, 0.25) is 0 Å². The molecule has 0 aliphatic carbocycles. The molecule has 1 saturated heterocycles. The molecule has 1 aromatic rings. The van der Waals surface area contributed by atoms with Gasteiger partial charge in [-0.25, -0.2) is 4.79 Å². The van der Waals surface area contributed by atoms with E-state index in [9.17, 15) is 19.2 Å². The first-order valence-corrected chi connectivity index (χ1v) is 14.2. The number of carbonyl (C=O) groups is 4. The first kappa shape index (κ1) is 34.1. The lowest BCUT2D eigenvalue weighted by Gasteiger charge is -2.16. The van der Waals surface area contributed by atoms with Gasteiger partial charge in [0.25, 0.3) is 0 Å². The lowest BCUT2D eigenvalue weighted by atomic mass is 9.94. The van der Waals surface area contributed by atoms with Crippen LogP contribution in [0.1, 0.15) is 46.1 Å². The second-order valence-electron chi connectivity index (χ2n) is 10.2. The van der Waals surface area contributed by atoms with Crippen LogP contribution in [-0.2, 0) is 44.6 Å². The van der Waals surface area contributed by atoms with Crippen LogP contribution in [0.4, 0.5) is 10.5 Å². The highest BCUT2D eigenvalue weighted by atomic mass is 16.6. The van der Waals surface area contributed by atoms with Crippen molar-refractivity contribution >= 4 is 29.5 Å². The van der Waals surface area contributed by atoms with Crippen LogP contribution in [0.25, 0.3) is 0 Å². The minimum absolute atomic E-state index is 0.103. The van der Waals surface area contributed by atoms with Gasteiger partial charge < -0.3 is 34.3 Å².